The molecule has 0 aromatic heterocycles. The van der Waals surface area contributed by atoms with E-state index < -0.39 is 0 Å². The Kier molecular flexibility index (Phi) is 5.13. The summed E-state index contributed by atoms with van der Waals surface area (Å²) < 4.78 is 5.46. The van der Waals surface area contributed by atoms with Crippen LogP contribution in [0.3, 0.4) is 0 Å². The number of carbonyl (C=O) groups is 1. The Morgan fingerprint density at radius 2 is 2.37 bits per heavy atom. The Hall–Kier alpha value is -1.17. The van der Waals surface area contributed by atoms with Crippen LogP contribution in [0.5, 0.6) is 0 Å². The monoisotopic (exact) mass is 298 g/mol. The van der Waals surface area contributed by atoms with E-state index in [0.29, 0.717) is 22.2 Å². The van der Waals surface area contributed by atoms with Crippen molar-refractivity contribution < 1.29 is 9.53 Å². The van der Waals surface area contributed by atoms with Gasteiger partial charge in [0.15, 0.2) is 5.11 Å². The first-order valence-corrected chi connectivity index (χ1v) is 6.90. The largest absolute Gasteiger partial charge is 0.376 e. The fraction of sp³-hybridized carbons (Fsp3) is 0.385. The summed E-state index contributed by atoms with van der Waals surface area (Å²) in [6.07, 6.45) is 2.28. The molecule has 2 N–H and O–H groups in total. The van der Waals surface area contributed by atoms with E-state index in [0.717, 1.165) is 19.4 Å². The second-order valence-corrected chi connectivity index (χ2v) is 5.15. The highest BCUT2D eigenvalue weighted by atomic mass is 35.5. The van der Waals surface area contributed by atoms with Crippen LogP contribution in [-0.4, -0.2) is 30.3 Å². The van der Waals surface area contributed by atoms with Gasteiger partial charge in [-0.2, -0.15) is 0 Å². The Bertz CT molecular complexity index is 475. The molecule has 0 bridgehead atoms. The van der Waals surface area contributed by atoms with Crippen molar-refractivity contribution in [3.8, 4) is 0 Å². The van der Waals surface area contributed by atoms with E-state index in [4.69, 9.17) is 28.6 Å². The van der Waals surface area contributed by atoms with Gasteiger partial charge in [0, 0.05) is 23.7 Å². The fourth-order valence-corrected chi connectivity index (χ4v) is 2.23. The van der Waals surface area contributed by atoms with Crippen molar-refractivity contribution in [1.82, 2.24) is 10.6 Å². The first kappa shape index (κ1) is 14.2. The summed E-state index contributed by atoms with van der Waals surface area (Å²) in [7, 11) is 0. The summed E-state index contributed by atoms with van der Waals surface area (Å²) in [5.74, 6) is -0.271. The quantitative estimate of drug-likeness (QED) is 0.839. The first-order valence-electron chi connectivity index (χ1n) is 6.11. The second-order valence-electron chi connectivity index (χ2n) is 4.31. The normalized spacial score (nSPS) is 18.1. The molecule has 1 fully saturated rings. The molecule has 1 aliphatic heterocycles. The zero-order valence-electron chi connectivity index (χ0n) is 10.3. The van der Waals surface area contributed by atoms with Gasteiger partial charge in [0.1, 0.15) is 0 Å². The number of hydrogen-bond donors (Lipinski definition) is 2. The lowest BCUT2D eigenvalue weighted by Crippen LogP contribution is -2.42. The van der Waals surface area contributed by atoms with Gasteiger partial charge >= 0.3 is 0 Å². The zero-order chi connectivity index (χ0) is 13.7. The molecule has 1 amide bonds. The van der Waals surface area contributed by atoms with Crippen molar-refractivity contribution in [1.29, 1.82) is 0 Å². The second kappa shape index (κ2) is 6.84. The lowest BCUT2D eigenvalue weighted by atomic mass is 10.2. The maximum absolute atomic E-state index is 11.9. The molecule has 0 saturated carbocycles. The van der Waals surface area contributed by atoms with E-state index in [9.17, 15) is 4.79 Å². The minimum Gasteiger partial charge on any atom is -0.376 e. The van der Waals surface area contributed by atoms with Crippen molar-refractivity contribution in [3.05, 3.63) is 34.9 Å². The van der Waals surface area contributed by atoms with Crippen LogP contribution in [0.4, 0.5) is 0 Å². The van der Waals surface area contributed by atoms with Crippen LogP contribution >= 0.6 is 23.8 Å². The average Bonchev–Trinajstić information content (AvgIpc) is 2.89. The van der Waals surface area contributed by atoms with Crippen molar-refractivity contribution in [2.24, 2.45) is 0 Å². The van der Waals surface area contributed by atoms with Crippen LogP contribution in [0.2, 0.25) is 5.02 Å². The lowest BCUT2D eigenvalue weighted by molar-refractivity contribution is 0.0973. The van der Waals surface area contributed by atoms with Gasteiger partial charge in [0.25, 0.3) is 5.91 Å². The van der Waals surface area contributed by atoms with E-state index in [1.807, 2.05) is 0 Å². The average molecular weight is 299 g/mol. The third kappa shape index (κ3) is 4.45. The molecule has 6 heteroatoms. The van der Waals surface area contributed by atoms with E-state index in [1.54, 1.807) is 24.3 Å². The molecule has 1 atom stereocenters. The van der Waals surface area contributed by atoms with Gasteiger partial charge in [0.2, 0.25) is 0 Å². The zero-order valence-corrected chi connectivity index (χ0v) is 11.9. The molecule has 1 saturated heterocycles. The number of nitrogens with one attached hydrogen (secondary N) is 2. The van der Waals surface area contributed by atoms with Crippen molar-refractivity contribution in [2.45, 2.75) is 18.9 Å². The maximum atomic E-state index is 11.9. The molecular formula is C13H15ClN2O2S. The topological polar surface area (TPSA) is 50.4 Å². The van der Waals surface area contributed by atoms with Gasteiger partial charge in [-0.25, -0.2) is 0 Å². The molecule has 0 spiro atoms. The molecular weight excluding hydrogens is 284 g/mol. The van der Waals surface area contributed by atoms with Crippen LogP contribution < -0.4 is 10.6 Å². The Labute approximate surface area is 122 Å². The highest BCUT2D eigenvalue weighted by Crippen LogP contribution is 2.11. The highest BCUT2D eigenvalue weighted by molar-refractivity contribution is 7.80. The predicted molar refractivity (Wildman–Crippen MR) is 78.5 cm³/mol. The number of carbonyl (C=O) groups excluding carboxylic acids is 1. The lowest BCUT2D eigenvalue weighted by Gasteiger charge is -2.13. The van der Waals surface area contributed by atoms with Gasteiger partial charge < -0.3 is 10.1 Å². The van der Waals surface area contributed by atoms with Crippen molar-refractivity contribution >= 4 is 34.8 Å². The molecule has 1 aliphatic rings. The smallest absolute Gasteiger partial charge is 0.257 e. The summed E-state index contributed by atoms with van der Waals surface area (Å²) in [6.45, 7) is 1.42. The number of halogens is 1. The molecule has 102 valence electrons. The Balaban J connectivity index is 1.79. The molecule has 1 heterocycles. The number of hydrogen-bond acceptors (Lipinski definition) is 3. The van der Waals surface area contributed by atoms with Gasteiger partial charge in [-0.15, -0.1) is 0 Å². The molecule has 19 heavy (non-hydrogen) atoms. The van der Waals surface area contributed by atoms with Crippen molar-refractivity contribution in [2.75, 3.05) is 13.2 Å². The standard InChI is InChI=1S/C13H15ClN2O2S/c14-10-4-1-3-9(7-10)12(17)16-13(19)15-8-11-5-2-6-18-11/h1,3-4,7,11H,2,5-6,8H2,(H2,15,16,17,19). The minimum absolute atomic E-state index is 0.182. The molecule has 0 aliphatic carbocycles. The van der Waals surface area contributed by atoms with Crippen LogP contribution in [0.25, 0.3) is 0 Å². The Morgan fingerprint density at radius 3 is 3.05 bits per heavy atom. The number of thiocarbonyl (C=S) groups is 1. The first-order chi connectivity index (χ1) is 9.15. The summed E-state index contributed by atoms with van der Waals surface area (Å²) in [6, 6.07) is 6.72. The van der Waals surface area contributed by atoms with Gasteiger partial charge in [-0.1, -0.05) is 17.7 Å². The summed E-state index contributed by atoms with van der Waals surface area (Å²) >= 11 is 10.9. The maximum Gasteiger partial charge on any atom is 0.257 e. The molecule has 0 radical (unpaired) electrons. The highest BCUT2D eigenvalue weighted by Gasteiger charge is 2.16. The molecule has 1 unspecified atom stereocenters. The number of ether oxygens (including phenoxy) is 1. The summed E-state index contributed by atoms with van der Waals surface area (Å²) in [5, 5.41) is 6.42. The predicted octanol–water partition coefficient (Wildman–Crippen LogP) is 2.12. The Morgan fingerprint density at radius 1 is 1.53 bits per heavy atom. The molecule has 1 aromatic rings. The fourth-order valence-electron chi connectivity index (χ4n) is 1.86. The van der Waals surface area contributed by atoms with E-state index in [1.165, 1.54) is 0 Å². The minimum atomic E-state index is -0.271. The number of amides is 1. The molecule has 1 aromatic carbocycles. The van der Waals surface area contributed by atoms with Crippen LogP contribution in [0, 0.1) is 0 Å². The van der Waals surface area contributed by atoms with Crippen LogP contribution in [0.15, 0.2) is 24.3 Å². The van der Waals surface area contributed by atoms with Crippen molar-refractivity contribution in [3.63, 3.8) is 0 Å². The van der Waals surface area contributed by atoms with Crippen LogP contribution in [-0.2, 0) is 4.74 Å². The van der Waals surface area contributed by atoms with Gasteiger partial charge in [0.05, 0.1) is 6.10 Å². The van der Waals surface area contributed by atoms with E-state index >= 15 is 0 Å². The van der Waals surface area contributed by atoms with Crippen LogP contribution in [0.1, 0.15) is 23.2 Å². The number of benzene rings is 1. The molecule has 4 nitrogen and oxygen atoms in total. The van der Waals surface area contributed by atoms with Gasteiger partial charge in [-0.3, -0.25) is 10.1 Å². The summed E-state index contributed by atoms with van der Waals surface area (Å²) in [4.78, 5) is 11.9. The third-order valence-electron chi connectivity index (χ3n) is 2.83. The van der Waals surface area contributed by atoms with Gasteiger partial charge in [-0.05, 0) is 43.3 Å². The summed E-state index contributed by atoms with van der Waals surface area (Å²) in [5.41, 5.74) is 0.480. The SMILES string of the molecule is O=C(NC(=S)NCC1CCCO1)c1cccc(Cl)c1. The van der Waals surface area contributed by atoms with E-state index in [2.05, 4.69) is 10.6 Å². The third-order valence-corrected chi connectivity index (χ3v) is 3.31. The molecule has 2 rings (SSSR count). The number of rotatable bonds is 3. The van der Waals surface area contributed by atoms with E-state index in [-0.39, 0.29) is 12.0 Å².